The largest absolute Gasteiger partial charge is 0.444 e. The molecule has 0 fully saturated rings. The molecule has 0 spiro atoms. The van der Waals surface area contributed by atoms with Crippen LogP contribution in [0.3, 0.4) is 0 Å². The number of carbonyl (C=O) groups excluding carboxylic acids is 2. The summed E-state index contributed by atoms with van der Waals surface area (Å²) in [6, 6.07) is -1.46. The molecule has 1 N–H and O–H groups in total. The number of rotatable bonds is 9. The van der Waals surface area contributed by atoms with Gasteiger partial charge in [0.2, 0.25) is 0 Å². The van der Waals surface area contributed by atoms with Crippen LogP contribution in [0, 0.1) is 0 Å². The molecule has 0 aromatic rings. The van der Waals surface area contributed by atoms with Gasteiger partial charge in [0.15, 0.2) is 5.78 Å². The zero-order valence-corrected chi connectivity index (χ0v) is 16.6. The van der Waals surface area contributed by atoms with E-state index >= 15 is 0 Å². The van der Waals surface area contributed by atoms with Crippen LogP contribution in [0.25, 0.3) is 0 Å². The second kappa shape index (κ2) is 9.17. The second-order valence-electron chi connectivity index (χ2n) is 6.01. The van der Waals surface area contributed by atoms with Crippen LogP contribution in [0.1, 0.15) is 48.0 Å². The quantitative estimate of drug-likeness (QED) is 0.604. The highest BCUT2D eigenvalue weighted by Crippen LogP contribution is 2.63. The van der Waals surface area contributed by atoms with Gasteiger partial charge in [0.1, 0.15) is 5.60 Å². The summed E-state index contributed by atoms with van der Waals surface area (Å²) < 4.78 is 44.2. The highest BCUT2D eigenvalue weighted by molar-refractivity contribution is 8.10. The third kappa shape index (κ3) is 7.51. The molecular formula is C14H26F2NO5PS. The van der Waals surface area contributed by atoms with Gasteiger partial charge in [-0.1, -0.05) is 0 Å². The average Bonchev–Trinajstić information content (AvgIpc) is 2.35. The molecule has 0 saturated carbocycles. The summed E-state index contributed by atoms with van der Waals surface area (Å²) in [6.07, 6.45) is -1.97. The maximum atomic E-state index is 14.6. The van der Waals surface area contributed by atoms with E-state index in [1.165, 1.54) is 13.8 Å². The number of carbonyl (C=O) groups is 2. The van der Waals surface area contributed by atoms with Crippen molar-refractivity contribution >= 4 is 30.2 Å². The summed E-state index contributed by atoms with van der Waals surface area (Å²) in [7, 11) is 0. The van der Waals surface area contributed by atoms with E-state index in [1.54, 1.807) is 20.8 Å². The Bertz CT molecular complexity index is 486. The second-order valence-corrected chi connectivity index (χ2v) is 9.62. The predicted molar refractivity (Wildman–Crippen MR) is 90.9 cm³/mol. The summed E-state index contributed by atoms with van der Waals surface area (Å²) in [6.45, 7) is 4.97. The molecule has 0 radical (unpaired) electrons. The van der Waals surface area contributed by atoms with Crippen LogP contribution in [0.4, 0.5) is 13.6 Å². The first-order valence-corrected chi connectivity index (χ1v) is 10.2. The maximum absolute atomic E-state index is 14.6. The van der Waals surface area contributed by atoms with Gasteiger partial charge in [-0.15, -0.1) is 0 Å². The summed E-state index contributed by atoms with van der Waals surface area (Å²) in [5.74, 6) is -0.643. The first-order chi connectivity index (χ1) is 10.8. The van der Waals surface area contributed by atoms with Gasteiger partial charge < -0.3 is 19.1 Å². The van der Waals surface area contributed by atoms with Crippen LogP contribution >= 0.6 is 6.49 Å². The molecule has 6 nitrogen and oxygen atoms in total. The number of alkyl carbamates (subject to hydrolysis) is 1. The van der Waals surface area contributed by atoms with Crippen molar-refractivity contribution in [2.45, 2.75) is 65.3 Å². The van der Waals surface area contributed by atoms with Gasteiger partial charge in [-0.05, 0) is 53.3 Å². The van der Waals surface area contributed by atoms with Crippen molar-refractivity contribution in [3.05, 3.63) is 0 Å². The monoisotopic (exact) mass is 389 g/mol. The zero-order chi connectivity index (χ0) is 19.2. The van der Waals surface area contributed by atoms with Crippen molar-refractivity contribution < 1.29 is 32.2 Å². The number of ketones is 1. The van der Waals surface area contributed by atoms with Crippen LogP contribution in [-0.4, -0.2) is 42.4 Å². The Hall–Kier alpha value is -0.630. The zero-order valence-electron chi connectivity index (χ0n) is 14.9. The van der Waals surface area contributed by atoms with Crippen molar-refractivity contribution in [2.24, 2.45) is 0 Å². The van der Waals surface area contributed by atoms with Crippen LogP contribution in [0.2, 0.25) is 0 Å². The van der Waals surface area contributed by atoms with E-state index in [-0.39, 0.29) is 13.2 Å². The fourth-order valence-electron chi connectivity index (χ4n) is 1.67. The fourth-order valence-corrected chi connectivity index (χ4v) is 4.06. The molecule has 0 saturated heterocycles. The van der Waals surface area contributed by atoms with Gasteiger partial charge >= 0.3 is 11.8 Å². The molecular weight excluding hydrogens is 363 g/mol. The van der Waals surface area contributed by atoms with Crippen molar-refractivity contribution in [3.63, 3.8) is 0 Å². The molecule has 0 aliphatic rings. The molecule has 24 heavy (non-hydrogen) atoms. The number of alkyl halides is 2. The molecule has 10 heteroatoms. The highest BCUT2D eigenvalue weighted by Gasteiger charge is 2.50. The molecule has 0 bridgehead atoms. The number of hydrogen-bond acceptors (Lipinski definition) is 6. The smallest absolute Gasteiger partial charge is 0.408 e. The lowest BCUT2D eigenvalue weighted by Gasteiger charge is -2.31. The van der Waals surface area contributed by atoms with E-state index < -0.39 is 42.1 Å². The molecule has 0 aromatic heterocycles. The normalized spacial score (nSPS) is 14.2. The van der Waals surface area contributed by atoms with E-state index in [9.17, 15) is 18.4 Å². The minimum atomic E-state index is -3.94. The Labute approximate surface area is 146 Å². The van der Waals surface area contributed by atoms with Crippen LogP contribution in [0.5, 0.6) is 0 Å². The molecule has 0 aromatic carbocycles. The van der Waals surface area contributed by atoms with E-state index in [2.05, 4.69) is 5.32 Å². The Morgan fingerprint density at radius 1 is 1.17 bits per heavy atom. The Morgan fingerprint density at radius 3 is 1.96 bits per heavy atom. The first-order valence-electron chi connectivity index (χ1n) is 7.55. The first kappa shape index (κ1) is 23.4. The van der Waals surface area contributed by atoms with Gasteiger partial charge in [-0.25, -0.2) is 4.79 Å². The third-order valence-electron chi connectivity index (χ3n) is 2.63. The number of amides is 1. The van der Waals surface area contributed by atoms with Crippen LogP contribution in [0.15, 0.2) is 0 Å². The lowest BCUT2D eigenvalue weighted by molar-refractivity contribution is -0.120. The van der Waals surface area contributed by atoms with Crippen molar-refractivity contribution in [1.29, 1.82) is 0 Å². The number of ether oxygens (including phenoxy) is 1. The van der Waals surface area contributed by atoms with E-state index in [0.29, 0.717) is 0 Å². The Balaban J connectivity index is 5.25. The highest BCUT2D eigenvalue weighted by atomic mass is 32.5. The summed E-state index contributed by atoms with van der Waals surface area (Å²) >= 11 is 4.90. The number of nitrogens with one attached hydrogen (secondary N) is 1. The van der Waals surface area contributed by atoms with Gasteiger partial charge in [0.25, 0.3) is 6.49 Å². The summed E-state index contributed by atoms with van der Waals surface area (Å²) in [5, 5.41) is 2.16. The molecule has 0 aliphatic carbocycles. The molecule has 0 rings (SSSR count). The van der Waals surface area contributed by atoms with Gasteiger partial charge in [0, 0.05) is 6.42 Å². The van der Waals surface area contributed by atoms with Crippen LogP contribution < -0.4 is 5.32 Å². The standard InChI is InChI=1S/C14H26F2NO5PS/c1-7-20-23(24,21-8-2)14(15,16)9-11(10(3)18)17-12(19)22-13(4,5)6/h11H,7-9H2,1-6H3,(H,17,19)/t11-/m1/s1. The van der Waals surface area contributed by atoms with E-state index in [4.69, 9.17) is 25.6 Å². The van der Waals surface area contributed by atoms with Gasteiger partial charge in [-0.3, -0.25) is 4.79 Å². The Kier molecular flexibility index (Phi) is 8.93. The topological polar surface area (TPSA) is 73.9 Å². The average molecular weight is 389 g/mol. The summed E-state index contributed by atoms with van der Waals surface area (Å²) in [4.78, 5) is 23.4. The lowest BCUT2D eigenvalue weighted by atomic mass is 10.1. The van der Waals surface area contributed by atoms with Crippen molar-refractivity contribution in [3.8, 4) is 0 Å². The van der Waals surface area contributed by atoms with Gasteiger partial charge in [-0.2, -0.15) is 8.78 Å². The minimum absolute atomic E-state index is 0.0445. The van der Waals surface area contributed by atoms with Crippen molar-refractivity contribution in [2.75, 3.05) is 13.2 Å². The number of halogens is 2. The van der Waals surface area contributed by atoms with Crippen LogP contribution in [-0.2, 0) is 30.4 Å². The fraction of sp³-hybridized carbons (Fsp3) is 0.857. The van der Waals surface area contributed by atoms with E-state index in [1.807, 2.05) is 0 Å². The molecule has 0 unspecified atom stereocenters. The molecule has 1 atom stereocenters. The SMILES string of the molecule is CCOP(=S)(OCC)C(F)(F)C[C@@H](NC(=O)OC(C)(C)C)C(C)=O. The molecule has 0 aliphatic heterocycles. The number of Topliss-reactive ketones (excluding diaryl/α,β-unsaturated/α-hetero) is 1. The van der Waals surface area contributed by atoms with E-state index in [0.717, 1.165) is 6.92 Å². The number of hydrogen-bond donors (Lipinski definition) is 1. The predicted octanol–water partition coefficient (Wildman–Crippen LogP) is 3.83. The maximum Gasteiger partial charge on any atom is 0.408 e. The van der Waals surface area contributed by atoms with Gasteiger partial charge in [0.05, 0.1) is 19.3 Å². The minimum Gasteiger partial charge on any atom is -0.444 e. The summed E-state index contributed by atoms with van der Waals surface area (Å²) in [5.41, 5.74) is -4.40. The Morgan fingerprint density at radius 2 is 1.62 bits per heavy atom. The molecule has 0 heterocycles. The molecule has 1 amide bonds. The molecule has 142 valence electrons. The third-order valence-corrected chi connectivity index (χ3v) is 6.24. The lowest BCUT2D eigenvalue weighted by Crippen LogP contribution is -2.45. The van der Waals surface area contributed by atoms with Crippen molar-refractivity contribution in [1.82, 2.24) is 5.32 Å².